The van der Waals surface area contributed by atoms with Gasteiger partial charge in [0.15, 0.2) is 5.78 Å². The summed E-state index contributed by atoms with van der Waals surface area (Å²) in [6, 6.07) is 8.55. The third-order valence-corrected chi connectivity index (χ3v) is 5.47. The van der Waals surface area contributed by atoms with E-state index in [-0.39, 0.29) is 40.2 Å². The molecule has 0 aliphatic heterocycles. The van der Waals surface area contributed by atoms with Crippen LogP contribution in [0, 0.1) is 11.8 Å². The second-order valence-corrected chi connectivity index (χ2v) is 7.91. The summed E-state index contributed by atoms with van der Waals surface area (Å²) in [6.07, 6.45) is 2.96. The van der Waals surface area contributed by atoms with Gasteiger partial charge in [0, 0.05) is 11.5 Å². The number of methoxy groups -OCH3 is 2. The van der Waals surface area contributed by atoms with Crippen LogP contribution in [-0.4, -0.2) is 47.3 Å². The summed E-state index contributed by atoms with van der Waals surface area (Å²) in [4.78, 5) is 34.3. The van der Waals surface area contributed by atoms with E-state index >= 15 is 0 Å². The van der Waals surface area contributed by atoms with Crippen molar-refractivity contribution in [1.29, 1.82) is 0 Å². The molecule has 2 aliphatic carbocycles. The molecule has 2 aromatic rings. The number of aromatic hydroxyl groups is 2. The number of rotatable bonds is 6. The van der Waals surface area contributed by atoms with Crippen molar-refractivity contribution < 1.29 is 39.2 Å². The zero-order chi connectivity index (χ0) is 23.4. The number of esters is 2. The number of carbonyl (C=O) groups is 3. The Morgan fingerprint density at radius 3 is 1.88 bits per heavy atom. The summed E-state index contributed by atoms with van der Waals surface area (Å²) in [5.41, 5.74) is 1.25. The number of hydrogen-bond acceptors (Lipinski definition) is 8. The van der Waals surface area contributed by atoms with Crippen molar-refractivity contribution in [2.45, 2.75) is 31.8 Å². The first-order valence-electron chi connectivity index (χ1n) is 10.3. The van der Waals surface area contributed by atoms with E-state index in [1.165, 1.54) is 50.6 Å². The molecular formula is C24H26O8. The molecule has 170 valence electrons. The fraction of sp³-hybridized carbons (Fsp3) is 0.375. The van der Waals surface area contributed by atoms with Crippen LogP contribution in [0.2, 0.25) is 0 Å². The number of benzene rings is 2. The van der Waals surface area contributed by atoms with Gasteiger partial charge in [-0.15, -0.1) is 0 Å². The maximum Gasteiger partial charge on any atom is 0.337 e. The summed E-state index contributed by atoms with van der Waals surface area (Å²) in [5, 5.41) is 29.1. The zero-order valence-electron chi connectivity index (χ0n) is 17.9. The van der Waals surface area contributed by atoms with E-state index in [0.717, 1.165) is 25.7 Å². The predicted molar refractivity (Wildman–Crippen MR) is 114 cm³/mol. The van der Waals surface area contributed by atoms with Crippen LogP contribution in [0.4, 0.5) is 0 Å². The Labute approximate surface area is 185 Å². The van der Waals surface area contributed by atoms with E-state index in [1.54, 1.807) is 0 Å². The molecule has 2 aromatic carbocycles. The number of hydrogen-bond donors (Lipinski definition) is 3. The highest BCUT2D eigenvalue weighted by Crippen LogP contribution is 2.43. The summed E-state index contributed by atoms with van der Waals surface area (Å²) in [5.74, 6) is -0.911. The molecule has 0 bridgehead atoms. The second kappa shape index (κ2) is 9.82. The SMILES string of the molecule is COC(=O)c1ccc(O)c(C(=O)C2CC2)c1.COC(=O)c1ccc(O)c(C(O)C2CC2)c1. The van der Waals surface area contributed by atoms with Gasteiger partial charge in [0.1, 0.15) is 11.5 Å². The highest BCUT2D eigenvalue weighted by Gasteiger charge is 2.33. The quantitative estimate of drug-likeness (QED) is 0.458. The number of phenols is 2. The lowest BCUT2D eigenvalue weighted by molar-refractivity contribution is 0.0591. The number of Topliss-reactive ketones (excluding diaryl/α,β-unsaturated/α-hetero) is 1. The van der Waals surface area contributed by atoms with Gasteiger partial charge in [-0.3, -0.25) is 4.79 Å². The molecule has 32 heavy (non-hydrogen) atoms. The predicted octanol–water partition coefficient (Wildman–Crippen LogP) is 3.39. The van der Waals surface area contributed by atoms with Crippen LogP contribution in [0.5, 0.6) is 11.5 Å². The van der Waals surface area contributed by atoms with Gasteiger partial charge < -0.3 is 24.8 Å². The first-order chi connectivity index (χ1) is 15.3. The number of phenolic OH excluding ortho intramolecular Hbond substituents is 2. The van der Waals surface area contributed by atoms with Crippen LogP contribution < -0.4 is 0 Å². The van der Waals surface area contributed by atoms with Crippen molar-refractivity contribution in [3.63, 3.8) is 0 Å². The lowest BCUT2D eigenvalue weighted by Crippen LogP contribution is -2.06. The number of aliphatic hydroxyl groups excluding tert-OH is 1. The Hall–Kier alpha value is -3.39. The molecule has 8 heteroatoms. The summed E-state index contributed by atoms with van der Waals surface area (Å²) >= 11 is 0. The van der Waals surface area contributed by atoms with Gasteiger partial charge in [0.2, 0.25) is 0 Å². The average Bonchev–Trinajstić information content (AvgIpc) is 3.71. The average molecular weight is 442 g/mol. The van der Waals surface area contributed by atoms with E-state index in [4.69, 9.17) is 0 Å². The fourth-order valence-corrected chi connectivity index (χ4v) is 3.25. The molecule has 2 aliphatic rings. The van der Waals surface area contributed by atoms with Gasteiger partial charge in [-0.1, -0.05) is 0 Å². The molecule has 8 nitrogen and oxygen atoms in total. The standard InChI is InChI=1S/C12H14O4.C12H12O4/c2*1-16-12(15)8-4-5-10(13)9(6-8)11(14)7-2-3-7/h4-7,11,13-14H,2-3H2,1H3;4-7,13H,2-3H2,1H3. The Morgan fingerprint density at radius 2 is 1.38 bits per heavy atom. The van der Waals surface area contributed by atoms with E-state index < -0.39 is 18.0 Å². The zero-order valence-corrected chi connectivity index (χ0v) is 17.9. The molecule has 2 fully saturated rings. The largest absolute Gasteiger partial charge is 0.508 e. The van der Waals surface area contributed by atoms with Crippen molar-refractivity contribution in [2.75, 3.05) is 14.2 Å². The van der Waals surface area contributed by atoms with E-state index in [1.807, 2.05) is 0 Å². The van der Waals surface area contributed by atoms with E-state index in [2.05, 4.69) is 9.47 Å². The van der Waals surface area contributed by atoms with Crippen molar-refractivity contribution in [2.24, 2.45) is 11.8 Å². The van der Waals surface area contributed by atoms with Crippen molar-refractivity contribution >= 4 is 17.7 Å². The van der Waals surface area contributed by atoms with Gasteiger partial charge in [-0.05, 0) is 68.0 Å². The monoisotopic (exact) mass is 442 g/mol. The molecule has 0 radical (unpaired) electrons. The second-order valence-electron chi connectivity index (χ2n) is 7.91. The molecule has 4 rings (SSSR count). The number of ether oxygens (including phenoxy) is 2. The van der Waals surface area contributed by atoms with E-state index in [0.29, 0.717) is 11.1 Å². The first-order valence-corrected chi connectivity index (χ1v) is 10.3. The molecule has 2 saturated carbocycles. The molecule has 1 unspecified atom stereocenters. The summed E-state index contributed by atoms with van der Waals surface area (Å²) in [6.45, 7) is 0. The first kappa shape index (κ1) is 23.3. The third kappa shape index (κ3) is 5.45. The van der Waals surface area contributed by atoms with E-state index in [9.17, 15) is 29.7 Å². The number of carbonyl (C=O) groups excluding carboxylic acids is 3. The van der Waals surface area contributed by atoms with Crippen LogP contribution in [-0.2, 0) is 9.47 Å². The Morgan fingerprint density at radius 1 is 0.844 bits per heavy atom. The summed E-state index contributed by atoms with van der Waals surface area (Å²) < 4.78 is 9.14. The minimum absolute atomic E-state index is 0.0128. The smallest absolute Gasteiger partial charge is 0.337 e. The molecular weight excluding hydrogens is 416 g/mol. The normalized spacial score (nSPS) is 15.7. The van der Waals surface area contributed by atoms with Gasteiger partial charge in [0.25, 0.3) is 0 Å². The lowest BCUT2D eigenvalue weighted by atomic mass is 10.0. The Bertz CT molecular complexity index is 1020. The van der Waals surface area contributed by atoms with Crippen LogP contribution in [0.1, 0.15) is 68.4 Å². The van der Waals surface area contributed by atoms with Crippen molar-refractivity contribution in [3.8, 4) is 11.5 Å². The van der Waals surface area contributed by atoms with Crippen LogP contribution in [0.15, 0.2) is 36.4 Å². The van der Waals surface area contributed by atoms with Gasteiger partial charge in [-0.2, -0.15) is 0 Å². The maximum atomic E-state index is 11.8. The Balaban J connectivity index is 0.000000181. The lowest BCUT2D eigenvalue weighted by Gasteiger charge is -2.12. The number of ketones is 1. The molecule has 3 N–H and O–H groups in total. The number of aliphatic hydroxyl groups is 1. The molecule has 1 atom stereocenters. The molecule has 0 saturated heterocycles. The highest BCUT2D eigenvalue weighted by molar-refractivity contribution is 6.03. The van der Waals surface area contributed by atoms with Gasteiger partial charge in [-0.25, -0.2) is 9.59 Å². The molecule has 0 amide bonds. The molecule has 0 heterocycles. The minimum atomic E-state index is -0.690. The van der Waals surface area contributed by atoms with Crippen LogP contribution in [0.3, 0.4) is 0 Å². The van der Waals surface area contributed by atoms with Crippen molar-refractivity contribution in [3.05, 3.63) is 58.7 Å². The van der Waals surface area contributed by atoms with Gasteiger partial charge >= 0.3 is 11.9 Å². The molecule has 0 aromatic heterocycles. The van der Waals surface area contributed by atoms with Crippen LogP contribution in [0.25, 0.3) is 0 Å². The Kier molecular flexibility index (Phi) is 7.15. The van der Waals surface area contributed by atoms with Gasteiger partial charge in [0.05, 0.1) is 37.0 Å². The third-order valence-electron chi connectivity index (χ3n) is 5.47. The fourth-order valence-electron chi connectivity index (χ4n) is 3.25. The van der Waals surface area contributed by atoms with Crippen LogP contribution >= 0.6 is 0 Å². The summed E-state index contributed by atoms with van der Waals surface area (Å²) in [7, 11) is 2.57. The van der Waals surface area contributed by atoms with Crippen molar-refractivity contribution in [1.82, 2.24) is 0 Å². The maximum absolute atomic E-state index is 11.8. The topological polar surface area (TPSA) is 130 Å². The molecule has 0 spiro atoms. The minimum Gasteiger partial charge on any atom is -0.508 e. The highest BCUT2D eigenvalue weighted by atomic mass is 16.5.